The molecule has 0 saturated heterocycles. The maximum absolute atomic E-state index is 14.6. The molecule has 0 bridgehead atoms. The molecule has 4 N–H and O–H groups in total. The van der Waals surface area contributed by atoms with Crippen LogP contribution in [-0.2, 0) is 92.2 Å². The number of imidazole rings is 5. The molecule has 28 nitrogen and oxygen atoms in total. The molecule has 6 aromatic carbocycles. The first-order valence-corrected chi connectivity index (χ1v) is 44.4. The lowest BCUT2D eigenvalue weighted by Gasteiger charge is -2.25. The third kappa shape index (κ3) is 25.3. The summed E-state index contributed by atoms with van der Waals surface area (Å²) < 4.78 is 140. The summed E-state index contributed by atoms with van der Waals surface area (Å²) in [6.07, 6.45) is 4.53. The maximum atomic E-state index is 14.6. The highest BCUT2D eigenvalue weighted by Crippen LogP contribution is 2.36. The van der Waals surface area contributed by atoms with Gasteiger partial charge in [0.1, 0.15) is 75.3 Å². The highest BCUT2D eigenvalue weighted by molar-refractivity contribution is 7.07. The number of carboxylic acids is 1. The summed E-state index contributed by atoms with van der Waals surface area (Å²) in [5.41, 5.74) is 14.0. The molecule has 4 unspecified atom stereocenters. The van der Waals surface area contributed by atoms with Crippen LogP contribution in [0.5, 0.6) is 0 Å². The number of ketones is 1. The molecule has 0 aliphatic carbocycles. The van der Waals surface area contributed by atoms with Gasteiger partial charge >= 0.3 is 36.0 Å². The van der Waals surface area contributed by atoms with Gasteiger partial charge in [-0.3, -0.25) is 28.3 Å². The highest BCUT2D eigenvalue weighted by atomic mass is 35.5. The fourth-order valence-electron chi connectivity index (χ4n) is 15.6. The van der Waals surface area contributed by atoms with Crippen molar-refractivity contribution in [2.45, 2.75) is 123 Å². The van der Waals surface area contributed by atoms with Gasteiger partial charge in [-0.2, -0.15) is 40.2 Å². The Morgan fingerprint density at radius 2 is 0.942 bits per heavy atom. The van der Waals surface area contributed by atoms with Crippen LogP contribution in [0.25, 0.3) is 73.2 Å². The lowest BCUT2D eigenvalue weighted by molar-refractivity contribution is -0.156. The molecule has 4 atom stereocenters. The number of aromatic nitrogens is 14. The number of hydrogen-bond acceptors (Lipinski definition) is 22. The number of halogens is 9. The van der Waals surface area contributed by atoms with Crippen LogP contribution in [0.2, 0.25) is 0 Å². The molecule has 718 valence electrons. The first-order chi connectivity index (χ1) is 65.8. The number of thiazole rings is 1. The number of benzene rings is 6. The number of aliphatic hydroxyl groups is 1. The summed E-state index contributed by atoms with van der Waals surface area (Å²) in [6, 6.07) is 58.9. The van der Waals surface area contributed by atoms with E-state index in [9.17, 15) is 63.9 Å². The van der Waals surface area contributed by atoms with Crippen LogP contribution >= 0.6 is 23.7 Å². The van der Waals surface area contributed by atoms with Gasteiger partial charge < -0.3 is 53.2 Å². The highest BCUT2D eigenvalue weighted by Gasteiger charge is 2.38. The summed E-state index contributed by atoms with van der Waals surface area (Å²) in [6.45, 7) is 7.08. The number of carbonyl (C=O) groups excluding carboxylic acids is 5. The summed E-state index contributed by atoms with van der Waals surface area (Å²) in [7, 11) is 5.52. The lowest BCUT2D eigenvalue weighted by Crippen LogP contribution is -2.31. The smallest absolute Gasteiger partial charge is 0.434 e. The van der Waals surface area contributed by atoms with Gasteiger partial charge in [-0.05, 0) is 76.6 Å². The van der Waals surface area contributed by atoms with Crippen molar-refractivity contribution >= 4 is 76.6 Å². The van der Waals surface area contributed by atoms with E-state index in [4.69, 9.17) is 25.4 Å². The van der Waals surface area contributed by atoms with E-state index in [1.54, 1.807) is 62.8 Å². The first-order valence-electron chi connectivity index (χ1n) is 43.4. The van der Waals surface area contributed by atoms with Crippen LogP contribution in [0.4, 0.5) is 40.9 Å². The van der Waals surface area contributed by atoms with E-state index in [0.29, 0.717) is 151 Å². The van der Waals surface area contributed by atoms with Gasteiger partial charge in [0, 0.05) is 123 Å². The Kier molecular flexibility index (Phi) is 34.5. The molecule has 15 aromatic rings. The van der Waals surface area contributed by atoms with E-state index in [2.05, 4.69) is 54.5 Å². The number of pyridine rings is 2. The standard InChI is InChI=1S/C19H23FN2O2.C15H11F3N2O2.C15H15FN2O2.C15H11FN2O2.C14H13FN2O2.C13H14FN3.C9H9N3O2S.ClH/c1-19(2,3)24-16(23)12-13-9-10-22-15(11-13)21-17(18(22)20)14-7-5-4-6-8-14;1-22-14(21)11-7-8-19-12(9-11)20-13(15(16,17)18)10-5-3-2-4-6-10;2*1-20-15(19)11-7-8-18-12(9-11)17-13(14(18)16)10-5-3-2-4-6-10;15-13-12(9-4-2-1-3-5-9)16-11-8-10(14(18)19)6-7-17(11)13;14-13-12(9-4-2-1-3-5-9)16-11-8-10(15)6-7-17(11)13;1-12-9(8(14)3-13)6(2-11-12)7-4-15-5-10-7;/h4-8,13H,9-12H2,1-3H3;2-9H,1H3;2-6,11H,7-9H2,1H3;2-9H,1H3;1-5,10H,6-8H2,(H,18,19);1-5,10H,6-8,15H2;2,4-5,13H,3H2,1H3;1H. The summed E-state index contributed by atoms with van der Waals surface area (Å²) in [5.74, 6) is -2.60. The zero-order valence-corrected chi connectivity index (χ0v) is 77.5. The van der Waals surface area contributed by atoms with Crippen molar-refractivity contribution in [3.63, 3.8) is 0 Å². The molecule has 0 spiro atoms. The van der Waals surface area contributed by atoms with E-state index < -0.39 is 53.9 Å². The van der Waals surface area contributed by atoms with E-state index in [1.165, 1.54) is 101 Å². The fourth-order valence-corrected chi connectivity index (χ4v) is 16.1. The largest absolute Gasteiger partial charge is 0.481 e. The Balaban J connectivity index is 0.000000145. The molecule has 13 heterocycles. The Labute approximate surface area is 797 Å². The number of aliphatic carboxylic acids is 1. The SMILES string of the molecule is CC(C)(C)OC(=O)CC1CCn2c(nc(-c3ccccc3)c2F)C1.COC(=O)C1CCn2c(nc(-c3ccccc3)c2F)C1.COC(=O)c1ccn2c(F)c(-c3ccccc3)nc2c1.COC(=O)c1ccnc(N=C(c2ccccc2)C(F)(F)F)c1.Cl.Cn1ncc(-c2cscn2)c1C(=O)CO.NC1CCn2c(nc(-c3ccccc3)c2F)C1.O=C(O)C1CCn2c(nc(-c3ccccc3)c2F)C1. The monoisotopic (exact) mass is 1930 g/mol. The number of Topliss-reactive ketones (excluding diaryl/α,β-unsaturated/α-hetero) is 1. The number of nitrogens with two attached hydrogens (primary N) is 1. The molecule has 4 aliphatic heterocycles. The van der Waals surface area contributed by atoms with Gasteiger partial charge in [-0.25, -0.2) is 49.5 Å². The predicted molar refractivity (Wildman–Crippen MR) is 502 cm³/mol. The number of esters is 4. The van der Waals surface area contributed by atoms with Gasteiger partial charge in [0.05, 0.1) is 67.3 Å². The van der Waals surface area contributed by atoms with Crippen molar-refractivity contribution in [3.05, 3.63) is 311 Å². The average Bonchev–Trinajstić information content (AvgIpc) is 1.68. The minimum atomic E-state index is -4.65. The number of aryl methyl sites for hydroxylation is 1. The van der Waals surface area contributed by atoms with Crippen molar-refractivity contribution in [1.82, 2.24) is 67.3 Å². The lowest BCUT2D eigenvalue weighted by atomic mass is 9.94. The Bertz CT molecular complexity index is 6740. The van der Waals surface area contributed by atoms with Crippen LogP contribution in [0.3, 0.4) is 0 Å². The van der Waals surface area contributed by atoms with Gasteiger partial charge in [-0.1, -0.05) is 182 Å². The van der Waals surface area contributed by atoms with Gasteiger partial charge in [0.25, 0.3) is 0 Å². The molecule has 0 radical (unpaired) electrons. The second-order valence-electron chi connectivity index (χ2n) is 32.8. The summed E-state index contributed by atoms with van der Waals surface area (Å²) >= 11 is 1.45. The number of methoxy groups -OCH3 is 3. The number of hydrogen-bond donors (Lipinski definition) is 3. The maximum Gasteiger partial charge on any atom is 0.434 e. The molecule has 4 aliphatic rings. The zero-order valence-electron chi connectivity index (χ0n) is 75.8. The summed E-state index contributed by atoms with van der Waals surface area (Å²) in [4.78, 5) is 102. The second kappa shape index (κ2) is 46.6. The molecular weight excluding hydrogens is 1840 g/mol. The molecule has 0 amide bonds. The number of nitrogens with zero attached hydrogens (tertiary/aromatic N) is 15. The van der Waals surface area contributed by atoms with Crippen LogP contribution in [0, 0.1) is 47.5 Å². The van der Waals surface area contributed by atoms with E-state index in [-0.39, 0.29) is 94.4 Å². The Morgan fingerprint density at radius 1 is 0.514 bits per heavy atom. The second-order valence-corrected chi connectivity index (χ2v) is 33.6. The minimum Gasteiger partial charge on any atom is -0.481 e. The number of rotatable bonds is 16. The quantitative estimate of drug-likeness (QED) is 0.0266. The number of fused-ring (bicyclic) bond motifs is 5. The third-order valence-corrected chi connectivity index (χ3v) is 22.9. The van der Waals surface area contributed by atoms with Crippen LogP contribution < -0.4 is 5.73 Å². The minimum absolute atomic E-state index is 0. The zero-order chi connectivity index (χ0) is 97.8. The van der Waals surface area contributed by atoms with Gasteiger partial charge in [0.15, 0.2) is 11.5 Å². The number of aliphatic hydroxyl groups excluding tert-OH is 1. The predicted octanol–water partition coefficient (Wildman–Crippen LogP) is 18.3. The van der Waals surface area contributed by atoms with Gasteiger partial charge in [-0.15, -0.1) is 23.7 Å². The molecule has 138 heavy (non-hydrogen) atoms. The summed E-state index contributed by atoms with van der Waals surface area (Å²) in [5, 5.41) is 23.7. The van der Waals surface area contributed by atoms with Crippen molar-refractivity contribution in [3.8, 4) is 67.5 Å². The van der Waals surface area contributed by atoms with E-state index >= 15 is 0 Å². The average molecular weight is 1930 g/mol. The molecule has 9 aromatic heterocycles. The number of alkyl halides is 3. The van der Waals surface area contributed by atoms with Crippen molar-refractivity contribution in [2.75, 3.05) is 27.9 Å². The van der Waals surface area contributed by atoms with Crippen LogP contribution in [-0.4, -0.2) is 165 Å². The number of aliphatic imine (C=N–C) groups is 1. The normalized spacial score (nSPS) is 15.0. The topological polar surface area (TPSA) is 350 Å². The van der Waals surface area contributed by atoms with Crippen molar-refractivity contribution in [2.24, 2.45) is 35.5 Å². The van der Waals surface area contributed by atoms with Crippen molar-refractivity contribution < 1.29 is 93.1 Å². The molecule has 19 rings (SSSR count). The fraction of sp³-hybridized carbons (Fsp3) is 0.270. The van der Waals surface area contributed by atoms with E-state index in [0.717, 1.165) is 41.4 Å². The molecule has 0 saturated carbocycles. The van der Waals surface area contributed by atoms with Crippen LogP contribution in [0.1, 0.15) is 113 Å². The number of carboxylic acid groups (broad SMARTS) is 1. The Morgan fingerprint density at radius 3 is 1.38 bits per heavy atom. The van der Waals surface area contributed by atoms with Gasteiger partial charge in [0.2, 0.25) is 35.5 Å². The molecular formula is C100H97ClF8N16O12S. The molecule has 38 heteroatoms. The Hall–Kier alpha value is -14.8. The van der Waals surface area contributed by atoms with E-state index in [1.807, 2.05) is 154 Å². The molecule has 0 fully saturated rings. The van der Waals surface area contributed by atoms with Crippen molar-refractivity contribution in [1.29, 1.82) is 0 Å². The number of carbonyl (C=O) groups is 6. The van der Waals surface area contributed by atoms with Crippen LogP contribution in [0.15, 0.2) is 241 Å². The first kappa shape index (κ1) is 102. The third-order valence-electron chi connectivity index (χ3n) is 22.3. The number of ether oxygens (including phenoxy) is 4.